The van der Waals surface area contributed by atoms with Crippen LogP contribution in [-0.2, 0) is 0 Å². The molecular formula is C13H9ClFN3O3. The highest BCUT2D eigenvalue weighted by atomic mass is 35.5. The number of pyridine rings is 1. The number of rotatable bonds is 3. The fourth-order valence-electron chi connectivity index (χ4n) is 1.46. The molecule has 3 N–H and O–H groups in total. The van der Waals surface area contributed by atoms with E-state index in [-0.39, 0.29) is 10.7 Å². The Labute approximate surface area is 123 Å². The van der Waals surface area contributed by atoms with Crippen molar-refractivity contribution in [2.75, 3.05) is 10.6 Å². The summed E-state index contributed by atoms with van der Waals surface area (Å²) in [6.45, 7) is 0. The molecule has 8 heteroatoms. The van der Waals surface area contributed by atoms with E-state index in [2.05, 4.69) is 15.6 Å². The SMILES string of the molecule is O=C(Nc1ccc(C(=O)O)nc1)Nc1ccc(F)c(Cl)c1. The van der Waals surface area contributed by atoms with E-state index >= 15 is 0 Å². The van der Waals surface area contributed by atoms with E-state index in [1.807, 2.05) is 0 Å². The highest BCUT2D eigenvalue weighted by Gasteiger charge is 2.07. The molecule has 0 bridgehead atoms. The first kappa shape index (κ1) is 14.7. The Morgan fingerprint density at radius 3 is 2.38 bits per heavy atom. The largest absolute Gasteiger partial charge is 0.477 e. The number of carbonyl (C=O) groups excluding carboxylic acids is 1. The van der Waals surface area contributed by atoms with E-state index in [1.165, 1.54) is 30.5 Å². The third kappa shape index (κ3) is 3.90. The van der Waals surface area contributed by atoms with Crippen molar-refractivity contribution in [3.63, 3.8) is 0 Å². The first-order valence-corrected chi connectivity index (χ1v) is 6.06. The lowest BCUT2D eigenvalue weighted by Gasteiger charge is -2.08. The summed E-state index contributed by atoms with van der Waals surface area (Å²) in [6, 6.07) is 5.80. The predicted molar refractivity (Wildman–Crippen MR) is 75.2 cm³/mol. The molecule has 0 fully saturated rings. The summed E-state index contributed by atoms with van der Waals surface area (Å²) >= 11 is 5.59. The maximum Gasteiger partial charge on any atom is 0.354 e. The molecule has 0 aliphatic carbocycles. The van der Waals surface area contributed by atoms with Gasteiger partial charge in [-0.1, -0.05) is 11.6 Å². The minimum Gasteiger partial charge on any atom is -0.477 e. The second-order valence-electron chi connectivity index (χ2n) is 3.95. The average Bonchev–Trinajstić information content (AvgIpc) is 2.43. The molecule has 2 aromatic rings. The summed E-state index contributed by atoms with van der Waals surface area (Å²) in [6.07, 6.45) is 1.21. The molecule has 0 radical (unpaired) electrons. The van der Waals surface area contributed by atoms with E-state index in [0.717, 1.165) is 6.07 Å². The van der Waals surface area contributed by atoms with Crippen LogP contribution in [0.25, 0.3) is 0 Å². The van der Waals surface area contributed by atoms with Crippen LogP contribution in [0.1, 0.15) is 10.5 Å². The normalized spacial score (nSPS) is 10.0. The van der Waals surface area contributed by atoms with Gasteiger partial charge in [0.1, 0.15) is 11.5 Å². The number of carboxylic acid groups (broad SMARTS) is 1. The van der Waals surface area contributed by atoms with Crippen molar-refractivity contribution in [1.29, 1.82) is 0 Å². The molecule has 6 nitrogen and oxygen atoms in total. The Morgan fingerprint density at radius 1 is 1.14 bits per heavy atom. The van der Waals surface area contributed by atoms with Crippen molar-refractivity contribution >= 4 is 35.0 Å². The quantitative estimate of drug-likeness (QED) is 0.812. The number of urea groups is 1. The van der Waals surface area contributed by atoms with Gasteiger partial charge < -0.3 is 15.7 Å². The maximum atomic E-state index is 13.0. The van der Waals surface area contributed by atoms with Crippen molar-refractivity contribution in [2.24, 2.45) is 0 Å². The van der Waals surface area contributed by atoms with Gasteiger partial charge in [0, 0.05) is 5.69 Å². The zero-order valence-corrected chi connectivity index (χ0v) is 11.2. The summed E-state index contributed by atoms with van der Waals surface area (Å²) in [7, 11) is 0. The molecule has 2 amide bonds. The van der Waals surface area contributed by atoms with Crippen LogP contribution in [0.15, 0.2) is 36.5 Å². The number of carboxylic acids is 1. The Morgan fingerprint density at radius 2 is 1.81 bits per heavy atom. The van der Waals surface area contributed by atoms with E-state index in [4.69, 9.17) is 16.7 Å². The molecule has 1 aromatic heterocycles. The number of aromatic nitrogens is 1. The van der Waals surface area contributed by atoms with Gasteiger partial charge in [-0.05, 0) is 30.3 Å². The molecule has 21 heavy (non-hydrogen) atoms. The highest BCUT2D eigenvalue weighted by Crippen LogP contribution is 2.19. The number of hydrogen-bond donors (Lipinski definition) is 3. The fraction of sp³-hybridized carbons (Fsp3) is 0. The summed E-state index contributed by atoms with van der Waals surface area (Å²) in [5.41, 5.74) is 0.492. The van der Waals surface area contributed by atoms with Gasteiger partial charge in [0.2, 0.25) is 0 Å². The van der Waals surface area contributed by atoms with Crippen LogP contribution in [0.5, 0.6) is 0 Å². The van der Waals surface area contributed by atoms with Crippen LogP contribution in [0.4, 0.5) is 20.6 Å². The Bertz CT molecular complexity index is 692. The standard InChI is InChI=1S/C13H9ClFN3O3/c14-9-5-7(1-3-10(9)15)17-13(21)18-8-2-4-11(12(19)20)16-6-8/h1-6H,(H,19,20)(H2,17,18,21). The van der Waals surface area contributed by atoms with E-state index in [9.17, 15) is 14.0 Å². The third-order valence-corrected chi connectivity index (χ3v) is 2.71. The molecule has 1 heterocycles. The maximum absolute atomic E-state index is 13.0. The van der Waals surface area contributed by atoms with Gasteiger partial charge in [0.05, 0.1) is 16.9 Å². The molecule has 0 aliphatic heterocycles. The molecule has 1 aromatic carbocycles. The first-order valence-electron chi connectivity index (χ1n) is 5.68. The van der Waals surface area contributed by atoms with E-state index in [0.29, 0.717) is 11.4 Å². The number of benzene rings is 1. The Balaban J connectivity index is 2.01. The van der Waals surface area contributed by atoms with Crippen molar-refractivity contribution in [3.05, 3.63) is 53.1 Å². The number of nitrogens with zero attached hydrogens (tertiary/aromatic N) is 1. The summed E-state index contributed by atoms with van der Waals surface area (Å²) in [4.78, 5) is 26.0. The number of nitrogens with one attached hydrogen (secondary N) is 2. The highest BCUT2D eigenvalue weighted by molar-refractivity contribution is 6.31. The molecule has 2 rings (SSSR count). The van der Waals surface area contributed by atoms with Gasteiger partial charge in [0.15, 0.2) is 0 Å². The summed E-state index contributed by atoms with van der Waals surface area (Å²) < 4.78 is 13.0. The van der Waals surface area contributed by atoms with Gasteiger partial charge in [-0.15, -0.1) is 0 Å². The third-order valence-electron chi connectivity index (χ3n) is 2.42. The number of hydrogen-bond acceptors (Lipinski definition) is 3. The van der Waals surface area contributed by atoms with Gasteiger partial charge >= 0.3 is 12.0 Å². The van der Waals surface area contributed by atoms with Crippen molar-refractivity contribution in [1.82, 2.24) is 4.98 Å². The van der Waals surface area contributed by atoms with Crippen LogP contribution in [0, 0.1) is 5.82 Å². The lowest BCUT2D eigenvalue weighted by Crippen LogP contribution is -2.19. The van der Waals surface area contributed by atoms with Crippen LogP contribution in [0.2, 0.25) is 5.02 Å². The van der Waals surface area contributed by atoms with Crippen molar-refractivity contribution in [3.8, 4) is 0 Å². The smallest absolute Gasteiger partial charge is 0.354 e. The number of aromatic carboxylic acids is 1. The zero-order valence-electron chi connectivity index (χ0n) is 10.4. The summed E-state index contributed by atoms with van der Waals surface area (Å²) in [5, 5.41) is 13.5. The molecule has 0 unspecified atom stereocenters. The molecule has 0 saturated heterocycles. The lowest BCUT2D eigenvalue weighted by atomic mass is 10.3. The molecule has 0 aliphatic rings. The monoisotopic (exact) mass is 309 g/mol. The summed E-state index contributed by atoms with van der Waals surface area (Å²) in [5.74, 6) is -1.75. The van der Waals surface area contributed by atoms with Crippen LogP contribution < -0.4 is 10.6 Å². The average molecular weight is 310 g/mol. The topological polar surface area (TPSA) is 91.3 Å². The van der Waals surface area contributed by atoms with E-state index < -0.39 is 17.8 Å². The van der Waals surface area contributed by atoms with Gasteiger partial charge in [0.25, 0.3) is 0 Å². The molecule has 0 saturated carbocycles. The molecule has 0 spiro atoms. The predicted octanol–water partition coefficient (Wildman–Crippen LogP) is 3.22. The van der Waals surface area contributed by atoms with Crippen molar-refractivity contribution < 1.29 is 19.1 Å². The number of amides is 2. The van der Waals surface area contributed by atoms with Crippen LogP contribution >= 0.6 is 11.6 Å². The van der Waals surface area contributed by atoms with E-state index in [1.54, 1.807) is 0 Å². The minimum atomic E-state index is -1.16. The number of carbonyl (C=O) groups is 2. The molecular weight excluding hydrogens is 301 g/mol. The second kappa shape index (κ2) is 6.19. The minimum absolute atomic E-state index is 0.111. The van der Waals surface area contributed by atoms with Gasteiger partial charge in [-0.25, -0.2) is 19.0 Å². The molecule has 108 valence electrons. The Kier molecular flexibility index (Phi) is 4.34. The second-order valence-corrected chi connectivity index (χ2v) is 4.35. The zero-order chi connectivity index (χ0) is 15.4. The van der Waals surface area contributed by atoms with Gasteiger partial charge in [-0.3, -0.25) is 0 Å². The number of anilines is 2. The fourth-order valence-corrected chi connectivity index (χ4v) is 1.64. The Hall–Kier alpha value is -2.67. The van der Waals surface area contributed by atoms with Crippen LogP contribution in [0.3, 0.4) is 0 Å². The van der Waals surface area contributed by atoms with Crippen LogP contribution in [-0.4, -0.2) is 22.1 Å². The lowest BCUT2D eigenvalue weighted by molar-refractivity contribution is 0.0690. The number of halogens is 2. The first-order chi connectivity index (χ1) is 9.95. The van der Waals surface area contributed by atoms with Gasteiger partial charge in [-0.2, -0.15) is 0 Å². The van der Waals surface area contributed by atoms with Crippen molar-refractivity contribution in [2.45, 2.75) is 0 Å². The molecule has 0 atom stereocenters.